The molecule has 10 heteroatoms. The zero-order chi connectivity index (χ0) is 28.4. The van der Waals surface area contributed by atoms with Crippen LogP contribution in [0.15, 0.2) is 60.7 Å². The van der Waals surface area contributed by atoms with E-state index in [1.807, 2.05) is 24.3 Å². The van der Waals surface area contributed by atoms with Gasteiger partial charge >= 0.3 is 0 Å². The SMILES string of the molecule is COc1ccc(CCN(C)CCCN(C(=O)c2ccc(N(O)O)cc2)c2ccc(OC)c(OC)c2)cc1OC. The van der Waals surface area contributed by atoms with Crippen molar-refractivity contribution in [1.29, 1.82) is 0 Å². The fraction of sp³-hybridized carbons (Fsp3) is 0.345. The van der Waals surface area contributed by atoms with Gasteiger partial charge in [0.1, 0.15) is 0 Å². The highest BCUT2D eigenvalue weighted by atomic mass is 16.8. The number of carbonyl (C=O) groups is 1. The van der Waals surface area contributed by atoms with Crippen LogP contribution in [0.1, 0.15) is 22.3 Å². The summed E-state index contributed by atoms with van der Waals surface area (Å²) in [6.45, 7) is 2.07. The van der Waals surface area contributed by atoms with Gasteiger partial charge in [0.05, 0.1) is 34.1 Å². The molecule has 0 radical (unpaired) electrons. The monoisotopic (exact) mass is 539 g/mol. The van der Waals surface area contributed by atoms with Crippen LogP contribution in [0.3, 0.4) is 0 Å². The number of carbonyl (C=O) groups excluding carboxylic acids is 1. The van der Waals surface area contributed by atoms with Gasteiger partial charge in [-0.15, -0.1) is 5.23 Å². The molecule has 0 atom stereocenters. The second-order valence-corrected chi connectivity index (χ2v) is 8.93. The molecule has 3 aromatic carbocycles. The molecular weight excluding hydrogens is 502 g/mol. The van der Waals surface area contributed by atoms with E-state index in [0.717, 1.165) is 31.5 Å². The van der Waals surface area contributed by atoms with Crippen LogP contribution >= 0.6 is 0 Å². The lowest BCUT2D eigenvalue weighted by atomic mass is 10.1. The van der Waals surface area contributed by atoms with Crippen LogP contribution in [-0.2, 0) is 6.42 Å². The largest absolute Gasteiger partial charge is 0.493 e. The standard InChI is InChI=1S/C29H37N3O7/c1-30(18-15-21-7-13-25(36-2)27(19-21)38-4)16-6-17-31(24-12-14-26(37-3)28(20-24)39-5)29(33)22-8-10-23(11-9-22)32(34)35/h7-14,19-20,34-35H,6,15-18H2,1-5H3. The lowest BCUT2D eigenvalue weighted by molar-refractivity contribution is 0.0291. The average molecular weight is 540 g/mol. The highest BCUT2D eigenvalue weighted by molar-refractivity contribution is 6.06. The minimum Gasteiger partial charge on any atom is -0.493 e. The fourth-order valence-corrected chi connectivity index (χ4v) is 4.20. The van der Waals surface area contributed by atoms with E-state index in [4.69, 9.17) is 18.9 Å². The molecule has 0 unspecified atom stereocenters. The van der Waals surface area contributed by atoms with Crippen molar-refractivity contribution in [3.05, 3.63) is 71.8 Å². The molecule has 0 heterocycles. The molecule has 0 aliphatic carbocycles. The number of hydrogen-bond acceptors (Lipinski definition) is 9. The summed E-state index contributed by atoms with van der Waals surface area (Å²) in [5, 5.41) is 18.5. The summed E-state index contributed by atoms with van der Waals surface area (Å²) in [4.78, 5) is 17.5. The molecule has 0 spiro atoms. The molecule has 1 amide bonds. The minimum atomic E-state index is -0.218. The summed E-state index contributed by atoms with van der Waals surface area (Å²) in [5.74, 6) is 2.28. The third-order valence-corrected chi connectivity index (χ3v) is 6.42. The van der Waals surface area contributed by atoms with Crippen molar-refractivity contribution >= 4 is 17.3 Å². The Balaban J connectivity index is 1.70. The number of hydrogen-bond donors (Lipinski definition) is 2. The maximum Gasteiger partial charge on any atom is 0.258 e. The second kappa shape index (κ2) is 14.2. The Hall–Kier alpha value is -3.99. The molecule has 10 nitrogen and oxygen atoms in total. The van der Waals surface area contributed by atoms with Crippen molar-refractivity contribution in [2.24, 2.45) is 0 Å². The van der Waals surface area contributed by atoms with Gasteiger partial charge in [0, 0.05) is 30.4 Å². The number of nitrogens with zero attached hydrogens (tertiary/aromatic N) is 3. The van der Waals surface area contributed by atoms with Crippen molar-refractivity contribution in [1.82, 2.24) is 4.90 Å². The van der Waals surface area contributed by atoms with Crippen molar-refractivity contribution < 1.29 is 34.2 Å². The first-order valence-electron chi connectivity index (χ1n) is 12.5. The summed E-state index contributed by atoms with van der Waals surface area (Å²) in [5.41, 5.74) is 2.38. The van der Waals surface area contributed by atoms with E-state index in [9.17, 15) is 15.2 Å². The van der Waals surface area contributed by atoms with Crippen LogP contribution in [0.2, 0.25) is 0 Å². The van der Waals surface area contributed by atoms with E-state index >= 15 is 0 Å². The Bertz CT molecular complexity index is 1220. The van der Waals surface area contributed by atoms with Gasteiger partial charge in [0.15, 0.2) is 23.0 Å². The Morgan fingerprint density at radius 3 is 1.85 bits per heavy atom. The average Bonchev–Trinajstić information content (AvgIpc) is 2.97. The van der Waals surface area contributed by atoms with Gasteiger partial charge in [-0.1, -0.05) is 6.07 Å². The minimum absolute atomic E-state index is 0.0121. The summed E-state index contributed by atoms with van der Waals surface area (Å²) in [7, 11) is 8.41. The molecule has 2 N–H and O–H groups in total. The van der Waals surface area contributed by atoms with Crippen LogP contribution in [-0.4, -0.2) is 76.3 Å². The smallest absolute Gasteiger partial charge is 0.258 e. The normalized spacial score (nSPS) is 10.8. The van der Waals surface area contributed by atoms with Crippen LogP contribution in [0.5, 0.6) is 23.0 Å². The topological polar surface area (TPSA) is 104 Å². The predicted molar refractivity (Wildman–Crippen MR) is 149 cm³/mol. The molecule has 0 saturated heterocycles. The number of likely N-dealkylation sites (N-methyl/N-ethyl adjacent to an activating group) is 1. The zero-order valence-corrected chi connectivity index (χ0v) is 23.1. The number of ether oxygens (including phenoxy) is 4. The van der Waals surface area contributed by atoms with Gasteiger partial charge < -0.3 is 28.7 Å². The molecule has 3 rings (SSSR count). The lowest BCUT2D eigenvalue weighted by Gasteiger charge is -2.25. The van der Waals surface area contributed by atoms with Gasteiger partial charge in [-0.2, -0.15) is 0 Å². The second-order valence-electron chi connectivity index (χ2n) is 8.93. The molecular formula is C29H37N3O7. The van der Waals surface area contributed by atoms with Gasteiger partial charge in [-0.25, -0.2) is 0 Å². The Labute approximate surface area is 229 Å². The van der Waals surface area contributed by atoms with Gasteiger partial charge in [0.2, 0.25) is 0 Å². The first-order valence-corrected chi connectivity index (χ1v) is 12.5. The van der Waals surface area contributed by atoms with E-state index in [1.54, 1.807) is 57.6 Å². The Morgan fingerprint density at radius 2 is 1.26 bits per heavy atom. The number of rotatable bonds is 14. The Morgan fingerprint density at radius 1 is 0.692 bits per heavy atom. The summed E-state index contributed by atoms with van der Waals surface area (Å²) >= 11 is 0. The van der Waals surface area contributed by atoms with E-state index in [1.165, 1.54) is 12.1 Å². The first kappa shape index (κ1) is 29.6. The highest BCUT2D eigenvalue weighted by Crippen LogP contribution is 2.32. The van der Waals surface area contributed by atoms with Gasteiger partial charge in [-0.05, 0) is 80.5 Å². The molecule has 0 aromatic heterocycles. The number of methoxy groups -OCH3 is 4. The number of anilines is 2. The molecule has 0 saturated carbocycles. The van der Waals surface area contributed by atoms with Crippen molar-refractivity contribution in [2.45, 2.75) is 12.8 Å². The molecule has 39 heavy (non-hydrogen) atoms. The van der Waals surface area contributed by atoms with Crippen LogP contribution < -0.4 is 29.1 Å². The summed E-state index contributed by atoms with van der Waals surface area (Å²) in [6.07, 6.45) is 1.57. The van der Waals surface area contributed by atoms with E-state index in [2.05, 4.69) is 11.9 Å². The lowest BCUT2D eigenvalue weighted by Crippen LogP contribution is -2.34. The molecule has 0 fully saturated rings. The zero-order valence-electron chi connectivity index (χ0n) is 23.1. The van der Waals surface area contributed by atoms with Crippen molar-refractivity contribution in [3.8, 4) is 23.0 Å². The maximum atomic E-state index is 13.6. The van der Waals surface area contributed by atoms with Crippen LogP contribution in [0.4, 0.5) is 11.4 Å². The van der Waals surface area contributed by atoms with E-state index < -0.39 is 0 Å². The molecule has 0 aliphatic rings. The fourth-order valence-electron chi connectivity index (χ4n) is 4.20. The van der Waals surface area contributed by atoms with Crippen LogP contribution in [0, 0.1) is 0 Å². The molecule has 210 valence electrons. The maximum absolute atomic E-state index is 13.6. The van der Waals surface area contributed by atoms with Crippen molar-refractivity contribution in [3.63, 3.8) is 0 Å². The van der Waals surface area contributed by atoms with Crippen LogP contribution in [0.25, 0.3) is 0 Å². The quantitative estimate of drug-likeness (QED) is 0.286. The van der Waals surface area contributed by atoms with Gasteiger partial charge in [-0.3, -0.25) is 15.2 Å². The number of amides is 1. The number of benzene rings is 3. The first-order chi connectivity index (χ1) is 18.8. The Kier molecular flexibility index (Phi) is 10.8. The molecule has 0 aliphatic heterocycles. The third-order valence-electron chi connectivity index (χ3n) is 6.42. The van der Waals surface area contributed by atoms with E-state index in [-0.39, 0.29) is 16.8 Å². The summed E-state index contributed by atoms with van der Waals surface area (Å²) in [6, 6.07) is 17.3. The van der Waals surface area contributed by atoms with Gasteiger partial charge in [0.25, 0.3) is 5.91 Å². The molecule has 3 aromatic rings. The highest BCUT2D eigenvalue weighted by Gasteiger charge is 2.20. The molecule has 0 bridgehead atoms. The van der Waals surface area contributed by atoms with E-state index in [0.29, 0.717) is 40.8 Å². The predicted octanol–water partition coefficient (Wildman–Crippen LogP) is 4.52. The summed E-state index contributed by atoms with van der Waals surface area (Å²) < 4.78 is 21.5. The van der Waals surface area contributed by atoms with Crippen molar-refractivity contribution in [2.75, 3.05) is 65.2 Å². The third kappa shape index (κ3) is 7.76.